The number of halogens is 1. The predicted octanol–water partition coefficient (Wildman–Crippen LogP) is 2.14. The van der Waals surface area contributed by atoms with E-state index in [9.17, 15) is 4.79 Å². The third-order valence-electron chi connectivity index (χ3n) is 3.71. The minimum absolute atomic E-state index is 0.170. The summed E-state index contributed by atoms with van der Waals surface area (Å²) in [5.41, 5.74) is 1.21. The van der Waals surface area contributed by atoms with E-state index >= 15 is 0 Å². The second-order valence-electron chi connectivity index (χ2n) is 5.08. The topological polar surface area (TPSA) is 50.4 Å². The van der Waals surface area contributed by atoms with Gasteiger partial charge in [0.1, 0.15) is 5.75 Å². The standard InChI is InChI=1S/C14H17BrN2O2/c15-9-1-3-11-12(5-6-19-13(11)7-9)16-8-10-2-4-14(18)17-10/h1,3,7,10,12,16H,2,4-6,8H2,(H,17,18)/t10-,12?/m0/s1. The first-order valence-electron chi connectivity index (χ1n) is 6.67. The molecule has 2 aliphatic heterocycles. The van der Waals surface area contributed by atoms with Gasteiger partial charge in [-0.25, -0.2) is 0 Å². The molecule has 0 spiro atoms. The van der Waals surface area contributed by atoms with Gasteiger partial charge in [-0.15, -0.1) is 0 Å². The minimum atomic E-state index is 0.170. The van der Waals surface area contributed by atoms with Gasteiger partial charge >= 0.3 is 0 Å². The first kappa shape index (κ1) is 12.9. The quantitative estimate of drug-likeness (QED) is 0.895. The van der Waals surface area contributed by atoms with Gasteiger partial charge in [-0.1, -0.05) is 22.0 Å². The number of benzene rings is 1. The molecule has 0 bridgehead atoms. The normalized spacial score (nSPS) is 25.6. The summed E-state index contributed by atoms with van der Waals surface area (Å²) >= 11 is 3.46. The van der Waals surface area contributed by atoms with Crippen molar-refractivity contribution in [2.24, 2.45) is 0 Å². The van der Waals surface area contributed by atoms with Gasteiger partial charge in [0, 0.05) is 41.5 Å². The van der Waals surface area contributed by atoms with Crippen LogP contribution in [-0.4, -0.2) is 25.1 Å². The molecule has 19 heavy (non-hydrogen) atoms. The molecule has 1 aromatic carbocycles. The first-order valence-corrected chi connectivity index (χ1v) is 7.46. The van der Waals surface area contributed by atoms with E-state index in [1.165, 1.54) is 5.56 Å². The Morgan fingerprint density at radius 3 is 3.11 bits per heavy atom. The zero-order chi connectivity index (χ0) is 13.2. The molecule has 1 unspecified atom stereocenters. The van der Waals surface area contributed by atoms with Crippen LogP contribution in [-0.2, 0) is 4.79 Å². The molecule has 0 saturated carbocycles. The highest BCUT2D eigenvalue weighted by Gasteiger charge is 2.25. The van der Waals surface area contributed by atoms with Crippen LogP contribution in [0.2, 0.25) is 0 Å². The van der Waals surface area contributed by atoms with Gasteiger partial charge in [-0.3, -0.25) is 4.79 Å². The van der Waals surface area contributed by atoms with Gasteiger partial charge in [0.15, 0.2) is 0 Å². The third-order valence-corrected chi connectivity index (χ3v) is 4.20. The van der Waals surface area contributed by atoms with Crippen molar-refractivity contribution in [3.05, 3.63) is 28.2 Å². The summed E-state index contributed by atoms with van der Waals surface area (Å²) in [5, 5.41) is 6.54. The second-order valence-corrected chi connectivity index (χ2v) is 6.00. The number of hydrogen-bond acceptors (Lipinski definition) is 3. The average molecular weight is 325 g/mol. The van der Waals surface area contributed by atoms with E-state index < -0.39 is 0 Å². The lowest BCUT2D eigenvalue weighted by Gasteiger charge is -2.28. The van der Waals surface area contributed by atoms with Gasteiger partial charge in [-0.2, -0.15) is 0 Å². The molecular formula is C14H17BrN2O2. The van der Waals surface area contributed by atoms with Crippen molar-refractivity contribution in [1.82, 2.24) is 10.6 Å². The molecule has 2 aliphatic rings. The lowest BCUT2D eigenvalue weighted by molar-refractivity contribution is -0.119. The molecule has 1 saturated heterocycles. The van der Waals surface area contributed by atoms with E-state index in [-0.39, 0.29) is 11.9 Å². The van der Waals surface area contributed by atoms with Crippen LogP contribution in [0, 0.1) is 0 Å². The summed E-state index contributed by atoms with van der Waals surface area (Å²) in [6, 6.07) is 6.74. The van der Waals surface area contributed by atoms with Crippen molar-refractivity contribution < 1.29 is 9.53 Å². The van der Waals surface area contributed by atoms with E-state index in [1.807, 2.05) is 12.1 Å². The van der Waals surface area contributed by atoms with Crippen molar-refractivity contribution in [2.45, 2.75) is 31.3 Å². The zero-order valence-corrected chi connectivity index (χ0v) is 12.2. The van der Waals surface area contributed by atoms with Crippen molar-refractivity contribution in [2.75, 3.05) is 13.2 Å². The lowest BCUT2D eigenvalue weighted by Crippen LogP contribution is -2.38. The van der Waals surface area contributed by atoms with Crippen LogP contribution in [0.25, 0.3) is 0 Å². The minimum Gasteiger partial charge on any atom is -0.493 e. The molecule has 1 amide bonds. The smallest absolute Gasteiger partial charge is 0.220 e. The second kappa shape index (κ2) is 5.51. The van der Waals surface area contributed by atoms with E-state index in [0.29, 0.717) is 12.5 Å². The van der Waals surface area contributed by atoms with Crippen LogP contribution in [0.1, 0.15) is 30.9 Å². The van der Waals surface area contributed by atoms with E-state index in [4.69, 9.17) is 4.74 Å². The highest BCUT2D eigenvalue weighted by atomic mass is 79.9. The third kappa shape index (κ3) is 2.92. The average Bonchev–Trinajstić information content (AvgIpc) is 2.81. The summed E-state index contributed by atoms with van der Waals surface area (Å²) in [7, 11) is 0. The molecule has 0 aromatic heterocycles. The predicted molar refractivity (Wildman–Crippen MR) is 76.2 cm³/mol. The Balaban J connectivity index is 1.65. The van der Waals surface area contributed by atoms with Crippen LogP contribution in [0.4, 0.5) is 0 Å². The highest BCUT2D eigenvalue weighted by molar-refractivity contribution is 9.10. The summed E-state index contributed by atoms with van der Waals surface area (Å²) < 4.78 is 6.72. The molecule has 2 atom stereocenters. The number of hydrogen-bond donors (Lipinski definition) is 2. The summed E-state index contributed by atoms with van der Waals surface area (Å²) in [5.74, 6) is 1.12. The van der Waals surface area contributed by atoms with Gasteiger partial charge in [-0.05, 0) is 18.6 Å². The monoisotopic (exact) mass is 324 g/mol. The fourth-order valence-electron chi connectivity index (χ4n) is 2.69. The van der Waals surface area contributed by atoms with Crippen molar-refractivity contribution in [3.8, 4) is 5.75 Å². The fourth-order valence-corrected chi connectivity index (χ4v) is 3.03. The molecule has 2 heterocycles. The molecule has 4 nitrogen and oxygen atoms in total. The van der Waals surface area contributed by atoms with Gasteiger partial charge in [0.25, 0.3) is 0 Å². The van der Waals surface area contributed by atoms with Gasteiger partial charge in [0.2, 0.25) is 5.91 Å². The SMILES string of the molecule is O=C1CC[C@@H](CNC2CCOc3cc(Br)ccc32)N1. The maximum atomic E-state index is 11.2. The number of fused-ring (bicyclic) bond motifs is 1. The number of carbonyl (C=O) groups excluding carboxylic acids is 1. The Hall–Kier alpha value is -1.07. The Labute approximate surface area is 121 Å². The van der Waals surface area contributed by atoms with Gasteiger partial charge < -0.3 is 15.4 Å². The number of nitrogens with one attached hydrogen (secondary N) is 2. The van der Waals surface area contributed by atoms with Crippen molar-refractivity contribution >= 4 is 21.8 Å². The molecule has 2 N–H and O–H groups in total. The Bertz CT molecular complexity index is 492. The fraction of sp³-hybridized carbons (Fsp3) is 0.500. The van der Waals surface area contributed by atoms with Crippen LogP contribution in [0.15, 0.2) is 22.7 Å². The summed E-state index contributed by atoms with van der Waals surface area (Å²) in [6.07, 6.45) is 2.56. The highest BCUT2D eigenvalue weighted by Crippen LogP contribution is 2.34. The molecule has 0 aliphatic carbocycles. The first-order chi connectivity index (χ1) is 9.22. The molecular weight excluding hydrogens is 308 g/mol. The molecule has 1 aromatic rings. The number of ether oxygens (including phenoxy) is 1. The van der Waals surface area contributed by atoms with Gasteiger partial charge in [0.05, 0.1) is 6.61 Å². The molecule has 0 radical (unpaired) electrons. The summed E-state index contributed by atoms with van der Waals surface area (Å²) in [6.45, 7) is 1.56. The van der Waals surface area contributed by atoms with Crippen LogP contribution < -0.4 is 15.4 Å². The molecule has 102 valence electrons. The maximum absolute atomic E-state index is 11.2. The summed E-state index contributed by atoms with van der Waals surface area (Å²) in [4.78, 5) is 11.2. The number of rotatable bonds is 3. The molecule has 5 heteroatoms. The van der Waals surface area contributed by atoms with Crippen molar-refractivity contribution in [1.29, 1.82) is 0 Å². The van der Waals surface area contributed by atoms with Crippen LogP contribution >= 0.6 is 15.9 Å². The number of amides is 1. The Kier molecular flexibility index (Phi) is 3.75. The van der Waals surface area contributed by atoms with E-state index in [0.717, 1.165) is 36.2 Å². The van der Waals surface area contributed by atoms with Crippen LogP contribution in [0.5, 0.6) is 5.75 Å². The molecule has 1 fully saturated rings. The van der Waals surface area contributed by atoms with E-state index in [2.05, 4.69) is 32.6 Å². The van der Waals surface area contributed by atoms with Crippen molar-refractivity contribution in [3.63, 3.8) is 0 Å². The largest absolute Gasteiger partial charge is 0.493 e. The Morgan fingerprint density at radius 1 is 1.42 bits per heavy atom. The van der Waals surface area contributed by atoms with E-state index in [1.54, 1.807) is 0 Å². The Morgan fingerprint density at radius 2 is 2.32 bits per heavy atom. The number of carbonyl (C=O) groups is 1. The van der Waals surface area contributed by atoms with Crippen LogP contribution in [0.3, 0.4) is 0 Å². The zero-order valence-electron chi connectivity index (χ0n) is 10.6. The maximum Gasteiger partial charge on any atom is 0.220 e. The lowest BCUT2D eigenvalue weighted by atomic mass is 10.0. The molecule has 3 rings (SSSR count).